The van der Waals surface area contributed by atoms with Gasteiger partial charge >= 0.3 is 0 Å². The van der Waals surface area contributed by atoms with Gasteiger partial charge < -0.3 is 5.32 Å². The topological polar surface area (TPSA) is 50.7 Å². The Balaban J connectivity index is 2.30. The molecule has 20 heavy (non-hydrogen) atoms. The molecule has 0 atom stereocenters. The number of nitrogens with one attached hydrogen (secondary N) is 1. The highest BCUT2D eigenvalue weighted by molar-refractivity contribution is 5.54. The van der Waals surface area contributed by atoms with Gasteiger partial charge in [-0.15, -0.1) is 0 Å². The summed E-state index contributed by atoms with van der Waals surface area (Å²) in [6.45, 7) is 11.3. The molecule has 106 valence electrons. The van der Waals surface area contributed by atoms with Gasteiger partial charge in [-0.3, -0.25) is 4.98 Å². The Hall–Kier alpha value is -1.81. The maximum absolute atomic E-state index is 4.63. The Labute approximate surface area is 120 Å². The zero-order valence-electron chi connectivity index (χ0n) is 12.9. The van der Waals surface area contributed by atoms with Crippen molar-refractivity contribution >= 4 is 0 Å². The molecule has 1 N–H and O–H groups in total. The third-order valence-corrected chi connectivity index (χ3v) is 3.15. The molecular formula is C16H22N4. The van der Waals surface area contributed by atoms with Crippen LogP contribution in [0.2, 0.25) is 0 Å². The summed E-state index contributed by atoms with van der Waals surface area (Å²) in [6.07, 6.45) is 3.52. The van der Waals surface area contributed by atoms with Crippen LogP contribution in [0.5, 0.6) is 0 Å². The molecule has 0 radical (unpaired) electrons. The first-order valence-electron chi connectivity index (χ1n) is 6.86. The molecule has 0 saturated heterocycles. The number of aromatic nitrogens is 3. The van der Waals surface area contributed by atoms with E-state index in [0.717, 1.165) is 29.3 Å². The second kappa shape index (κ2) is 5.67. The van der Waals surface area contributed by atoms with Crippen LogP contribution in [0.25, 0.3) is 11.4 Å². The van der Waals surface area contributed by atoms with Crippen molar-refractivity contribution in [3.05, 3.63) is 41.5 Å². The molecule has 0 bridgehead atoms. The van der Waals surface area contributed by atoms with Gasteiger partial charge in [0.05, 0.1) is 0 Å². The standard InChI is InChI=1S/C16H22N4/c1-11-14(10-18-16(3,4)5)12(2)20-15(19-11)13-6-8-17-9-7-13/h6-9,18H,10H2,1-5H3. The number of rotatable bonds is 3. The van der Waals surface area contributed by atoms with Gasteiger partial charge in [-0.25, -0.2) is 9.97 Å². The average molecular weight is 270 g/mol. The number of aryl methyl sites for hydroxylation is 2. The van der Waals surface area contributed by atoms with Crippen molar-refractivity contribution in [2.24, 2.45) is 0 Å². The van der Waals surface area contributed by atoms with Gasteiger partial charge in [0.25, 0.3) is 0 Å². The highest BCUT2D eigenvalue weighted by Gasteiger charge is 2.13. The van der Waals surface area contributed by atoms with Crippen molar-refractivity contribution in [3.8, 4) is 11.4 Å². The highest BCUT2D eigenvalue weighted by atomic mass is 15.0. The molecular weight excluding hydrogens is 248 g/mol. The van der Waals surface area contributed by atoms with E-state index in [9.17, 15) is 0 Å². The van der Waals surface area contributed by atoms with Gasteiger partial charge in [-0.2, -0.15) is 0 Å². The molecule has 0 fully saturated rings. The third kappa shape index (κ3) is 3.61. The zero-order valence-corrected chi connectivity index (χ0v) is 12.9. The van der Waals surface area contributed by atoms with Crippen LogP contribution in [0.3, 0.4) is 0 Å². The molecule has 2 aromatic heterocycles. The van der Waals surface area contributed by atoms with E-state index < -0.39 is 0 Å². The number of nitrogens with zero attached hydrogens (tertiary/aromatic N) is 3. The van der Waals surface area contributed by atoms with Crippen LogP contribution in [0.1, 0.15) is 37.7 Å². The number of hydrogen-bond acceptors (Lipinski definition) is 4. The van der Waals surface area contributed by atoms with Crippen molar-refractivity contribution in [2.75, 3.05) is 0 Å². The van der Waals surface area contributed by atoms with E-state index in [1.165, 1.54) is 5.56 Å². The lowest BCUT2D eigenvalue weighted by Gasteiger charge is -2.22. The fourth-order valence-corrected chi connectivity index (χ4v) is 1.98. The van der Waals surface area contributed by atoms with Crippen molar-refractivity contribution in [1.82, 2.24) is 20.3 Å². The first-order valence-corrected chi connectivity index (χ1v) is 6.86. The van der Waals surface area contributed by atoms with E-state index >= 15 is 0 Å². The molecule has 0 aromatic carbocycles. The Bertz CT molecular complexity index is 562. The lowest BCUT2D eigenvalue weighted by Crippen LogP contribution is -2.35. The van der Waals surface area contributed by atoms with Crippen LogP contribution >= 0.6 is 0 Å². The van der Waals surface area contributed by atoms with E-state index in [2.05, 4.69) is 41.0 Å². The number of hydrogen-bond donors (Lipinski definition) is 1. The van der Waals surface area contributed by atoms with E-state index in [1.807, 2.05) is 26.0 Å². The van der Waals surface area contributed by atoms with Gasteiger partial charge in [-0.1, -0.05) is 0 Å². The van der Waals surface area contributed by atoms with E-state index in [0.29, 0.717) is 0 Å². The summed E-state index contributed by atoms with van der Waals surface area (Å²) in [4.78, 5) is 13.3. The fraction of sp³-hybridized carbons (Fsp3) is 0.438. The van der Waals surface area contributed by atoms with Crippen molar-refractivity contribution < 1.29 is 0 Å². The van der Waals surface area contributed by atoms with Gasteiger partial charge in [0.2, 0.25) is 0 Å². The minimum atomic E-state index is 0.0860. The largest absolute Gasteiger partial charge is 0.308 e. The molecule has 0 aliphatic carbocycles. The summed E-state index contributed by atoms with van der Waals surface area (Å²) < 4.78 is 0. The van der Waals surface area contributed by atoms with E-state index in [1.54, 1.807) is 12.4 Å². The van der Waals surface area contributed by atoms with Crippen LogP contribution in [0, 0.1) is 13.8 Å². The average Bonchev–Trinajstić information content (AvgIpc) is 2.37. The van der Waals surface area contributed by atoms with Crippen LogP contribution in [-0.2, 0) is 6.54 Å². The van der Waals surface area contributed by atoms with E-state index in [4.69, 9.17) is 0 Å². The Kier molecular flexibility index (Phi) is 4.14. The van der Waals surface area contributed by atoms with Crippen LogP contribution < -0.4 is 5.32 Å². The Morgan fingerprint density at radius 1 is 1.00 bits per heavy atom. The Morgan fingerprint density at radius 2 is 1.55 bits per heavy atom. The smallest absolute Gasteiger partial charge is 0.159 e. The molecule has 0 saturated carbocycles. The van der Waals surface area contributed by atoms with Crippen molar-refractivity contribution in [1.29, 1.82) is 0 Å². The van der Waals surface area contributed by atoms with Gasteiger partial charge in [-0.05, 0) is 46.8 Å². The molecule has 4 heteroatoms. The predicted octanol–water partition coefficient (Wildman–Crippen LogP) is 3.04. The highest BCUT2D eigenvalue weighted by Crippen LogP contribution is 2.18. The molecule has 2 heterocycles. The molecule has 0 spiro atoms. The predicted molar refractivity (Wildman–Crippen MR) is 81.3 cm³/mol. The second-order valence-electron chi connectivity index (χ2n) is 6.04. The third-order valence-electron chi connectivity index (χ3n) is 3.15. The maximum Gasteiger partial charge on any atom is 0.159 e. The normalized spacial score (nSPS) is 11.7. The summed E-state index contributed by atoms with van der Waals surface area (Å²) in [5.41, 5.74) is 4.32. The summed E-state index contributed by atoms with van der Waals surface area (Å²) in [6, 6.07) is 3.86. The summed E-state index contributed by atoms with van der Waals surface area (Å²) >= 11 is 0. The maximum atomic E-state index is 4.63. The van der Waals surface area contributed by atoms with E-state index in [-0.39, 0.29) is 5.54 Å². The van der Waals surface area contributed by atoms with Gasteiger partial charge in [0.1, 0.15) is 0 Å². The molecule has 0 aliphatic heterocycles. The van der Waals surface area contributed by atoms with Crippen LogP contribution in [-0.4, -0.2) is 20.5 Å². The SMILES string of the molecule is Cc1nc(-c2ccncc2)nc(C)c1CNC(C)(C)C. The second-order valence-corrected chi connectivity index (χ2v) is 6.04. The quantitative estimate of drug-likeness (QED) is 0.931. The Morgan fingerprint density at radius 3 is 2.05 bits per heavy atom. The minimum absolute atomic E-state index is 0.0860. The molecule has 2 aromatic rings. The number of pyridine rings is 1. The molecule has 0 unspecified atom stereocenters. The monoisotopic (exact) mass is 270 g/mol. The molecule has 0 aliphatic rings. The summed E-state index contributed by atoms with van der Waals surface area (Å²) in [7, 11) is 0. The summed E-state index contributed by atoms with van der Waals surface area (Å²) in [5, 5.41) is 3.49. The molecule has 0 amide bonds. The zero-order chi connectivity index (χ0) is 14.8. The lowest BCUT2D eigenvalue weighted by molar-refractivity contribution is 0.422. The van der Waals surface area contributed by atoms with Crippen molar-refractivity contribution in [3.63, 3.8) is 0 Å². The van der Waals surface area contributed by atoms with Crippen LogP contribution in [0.15, 0.2) is 24.5 Å². The lowest BCUT2D eigenvalue weighted by atomic mass is 10.1. The first kappa shape index (κ1) is 14.6. The van der Waals surface area contributed by atoms with Crippen molar-refractivity contribution in [2.45, 2.75) is 46.7 Å². The van der Waals surface area contributed by atoms with Gasteiger partial charge in [0.15, 0.2) is 5.82 Å². The molecule has 4 nitrogen and oxygen atoms in total. The molecule has 2 rings (SSSR count). The van der Waals surface area contributed by atoms with Crippen LogP contribution in [0.4, 0.5) is 0 Å². The fourth-order valence-electron chi connectivity index (χ4n) is 1.98. The first-order chi connectivity index (χ1) is 9.37. The minimum Gasteiger partial charge on any atom is -0.308 e. The summed E-state index contributed by atoms with van der Waals surface area (Å²) in [5.74, 6) is 0.766. The van der Waals surface area contributed by atoms with Gasteiger partial charge in [0, 0.05) is 47.0 Å².